The molecule has 7 heteroatoms. The summed E-state index contributed by atoms with van der Waals surface area (Å²) in [5.74, 6) is -1.23. The average Bonchev–Trinajstić information content (AvgIpc) is 2.56. The SMILES string of the molecule is COc1ccc(C(=O)OCC(=O)Nc2cc(F)ccc2Cl)cc1. The lowest BCUT2D eigenvalue weighted by molar-refractivity contribution is -0.119. The molecule has 1 amide bonds. The lowest BCUT2D eigenvalue weighted by Crippen LogP contribution is -2.21. The number of methoxy groups -OCH3 is 1. The molecule has 1 N–H and O–H groups in total. The van der Waals surface area contributed by atoms with Gasteiger partial charge in [-0.25, -0.2) is 9.18 Å². The molecule has 0 aliphatic heterocycles. The van der Waals surface area contributed by atoms with Crippen molar-refractivity contribution in [2.45, 2.75) is 0 Å². The Morgan fingerprint density at radius 3 is 2.52 bits per heavy atom. The van der Waals surface area contributed by atoms with Gasteiger partial charge >= 0.3 is 5.97 Å². The van der Waals surface area contributed by atoms with Crippen molar-refractivity contribution in [2.75, 3.05) is 19.0 Å². The van der Waals surface area contributed by atoms with Crippen LogP contribution in [0.3, 0.4) is 0 Å². The summed E-state index contributed by atoms with van der Waals surface area (Å²) in [5, 5.41) is 2.55. The molecular weight excluding hydrogens is 325 g/mol. The first kappa shape index (κ1) is 16.8. The molecule has 0 fully saturated rings. The molecule has 5 nitrogen and oxygen atoms in total. The Morgan fingerprint density at radius 1 is 1.17 bits per heavy atom. The number of anilines is 1. The third-order valence-corrected chi connectivity index (χ3v) is 3.19. The van der Waals surface area contributed by atoms with E-state index in [9.17, 15) is 14.0 Å². The van der Waals surface area contributed by atoms with Gasteiger partial charge in [0.15, 0.2) is 6.61 Å². The molecule has 0 aliphatic rings. The van der Waals surface area contributed by atoms with Crippen LogP contribution in [-0.4, -0.2) is 25.6 Å². The van der Waals surface area contributed by atoms with E-state index >= 15 is 0 Å². The van der Waals surface area contributed by atoms with Gasteiger partial charge in [0.1, 0.15) is 11.6 Å². The maximum Gasteiger partial charge on any atom is 0.338 e. The number of hydrogen-bond donors (Lipinski definition) is 1. The van der Waals surface area contributed by atoms with Crippen molar-refractivity contribution in [3.63, 3.8) is 0 Å². The van der Waals surface area contributed by atoms with Crippen LogP contribution >= 0.6 is 11.6 Å². The quantitative estimate of drug-likeness (QED) is 0.850. The van der Waals surface area contributed by atoms with Crippen molar-refractivity contribution in [3.8, 4) is 5.75 Å². The zero-order valence-corrected chi connectivity index (χ0v) is 12.9. The second-order valence-electron chi connectivity index (χ2n) is 4.48. The minimum Gasteiger partial charge on any atom is -0.497 e. The van der Waals surface area contributed by atoms with Crippen LogP contribution in [0.2, 0.25) is 5.02 Å². The average molecular weight is 338 g/mol. The summed E-state index contributed by atoms with van der Waals surface area (Å²) in [6.45, 7) is -0.516. The lowest BCUT2D eigenvalue weighted by atomic mass is 10.2. The number of rotatable bonds is 5. The van der Waals surface area contributed by atoms with Gasteiger partial charge < -0.3 is 14.8 Å². The van der Waals surface area contributed by atoms with Crippen LogP contribution in [0.25, 0.3) is 0 Å². The van der Waals surface area contributed by atoms with Gasteiger partial charge in [0.05, 0.1) is 23.4 Å². The van der Waals surface area contributed by atoms with E-state index in [-0.39, 0.29) is 16.3 Å². The molecule has 0 unspecified atom stereocenters. The number of esters is 1. The van der Waals surface area contributed by atoms with E-state index in [0.29, 0.717) is 5.75 Å². The number of hydrogen-bond acceptors (Lipinski definition) is 4. The van der Waals surface area contributed by atoms with Crippen LogP contribution in [-0.2, 0) is 9.53 Å². The van der Waals surface area contributed by atoms with Crippen molar-refractivity contribution in [3.05, 3.63) is 58.9 Å². The highest BCUT2D eigenvalue weighted by Gasteiger charge is 2.12. The molecule has 0 spiro atoms. The van der Waals surface area contributed by atoms with Gasteiger partial charge in [0, 0.05) is 0 Å². The molecule has 0 atom stereocenters. The monoisotopic (exact) mass is 337 g/mol. The molecule has 0 radical (unpaired) electrons. The maximum absolute atomic E-state index is 13.1. The Balaban J connectivity index is 1.90. The van der Waals surface area contributed by atoms with Crippen LogP contribution in [0.5, 0.6) is 5.75 Å². The summed E-state index contributed by atoms with van der Waals surface area (Å²) in [4.78, 5) is 23.5. The van der Waals surface area contributed by atoms with Crippen LogP contribution in [0.1, 0.15) is 10.4 Å². The Labute approximate surface area is 137 Å². The van der Waals surface area contributed by atoms with E-state index in [2.05, 4.69) is 5.32 Å². The first-order valence-corrected chi connectivity index (χ1v) is 6.93. The largest absolute Gasteiger partial charge is 0.497 e. The summed E-state index contributed by atoms with van der Waals surface area (Å²) in [6.07, 6.45) is 0. The molecule has 2 rings (SSSR count). The van der Waals surface area contributed by atoms with Crippen molar-refractivity contribution in [1.29, 1.82) is 0 Å². The summed E-state index contributed by atoms with van der Waals surface area (Å²) >= 11 is 5.83. The number of nitrogens with one attached hydrogen (secondary N) is 1. The van der Waals surface area contributed by atoms with Gasteiger partial charge in [-0.15, -0.1) is 0 Å². The van der Waals surface area contributed by atoms with Crippen molar-refractivity contribution >= 4 is 29.2 Å². The third-order valence-electron chi connectivity index (χ3n) is 2.86. The summed E-state index contributed by atoms with van der Waals surface area (Å²) in [5.41, 5.74) is 0.388. The van der Waals surface area contributed by atoms with E-state index in [0.717, 1.165) is 6.07 Å². The molecule has 23 heavy (non-hydrogen) atoms. The zero-order chi connectivity index (χ0) is 16.8. The number of benzene rings is 2. The highest BCUT2D eigenvalue weighted by Crippen LogP contribution is 2.22. The number of halogens is 2. The molecule has 0 heterocycles. The third kappa shape index (κ3) is 4.69. The van der Waals surface area contributed by atoms with Gasteiger partial charge in [-0.1, -0.05) is 11.6 Å². The number of carbonyl (C=O) groups excluding carboxylic acids is 2. The van der Waals surface area contributed by atoms with Crippen LogP contribution in [0, 0.1) is 5.82 Å². The molecule has 120 valence electrons. The zero-order valence-electron chi connectivity index (χ0n) is 12.1. The Morgan fingerprint density at radius 2 is 1.87 bits per heavy atom. The van der Waals surface area contributed by atoms with Gasteiger partial charge in [-0.3, -0.25) is 4.79 Å². The fourth-order valence-electron chi connectivity index (χ4n) is 1.72. The topological polar surface area (TPSA) is 64.6 Å². The molecule has 0 aliphatic carbocycles. The first-order valence-electron chi connectivity index (χ1n) is 6.55. The van der Waals surface area contributed by atoms with Gasteiger partial charge in [0.2, 0.25) is 0 Å². The van der Waals surface area contributed by atoms with E-state index < -0.39 is 24.3 Å². The Kier molecular flexibility index (Phi) is 5.54. The van der Waals surface area contributed by atoms with Gasteiger partial charge in [-0.2, -0.15) is 0 Å². The van der Waals surface area contributed by atoms with E-state index in [1.807, 2.05) is 0 Å². The summed E-state index contributed by atoms with van der Waals surface area (Å²) < 4.78 is 22.9. The van der Waals surface area contributed by atoms with Crippen molar-refractivity contribution < 1.29 is 23.5 Å². The highest BCUT2D eigenvalue weighted by atomic mass is 35.5. The van der Waals surface area contributed by atoms with Gasteiger partial charge in [0.25, 0.3) is 5.91 Å². The minimum absolute atomic E-state index is 0.108. The Hall–Kier alpha value is -2.60. The van der Waals surface area contributed by atoms with Crippen LogP contribution in [0.15, 0.2) is 42.5 Å². The molecule has 0 aromatic heterocycles. The number of carbonyl (C=O) groups is 2. The second-order valence-corrected chi connectivity index (χ2v) is 4.88. The predicted molar refractivity (Wildman–Crippen MR) is 83.3 cm³/mol. The fourth-order valence-corrected chi connectivity index (χ4v) is 1.89. The molecule has 0 saturated carbocycles. The fraction of sp³-hybridized carbons (Fsp3) is 0.125. The van der Waals surface area contributed by atoms with E-state index in [4.69, 9.17) is 21.1 Å². The Bertz CT molecular complexity index is 719. The van der Waals surface area contributed by atoms with Crippen LogP contribution in [0.4, 0.5) is 10.1 Å². The first-order chi connectivity index (χ1) is 11.0. The smallest absolute Gasteiger partial charge is 0.338 e. The highest BCUT2D eigenvalue weighted by molar-refractivity contribution is 6.33. The molecule has 2 aromatic carbocycles. The molecular formula is C16H13ClFNO4. The normalized spacial score (nSPS) is 10.0. The molecule has 2 aromatic rings. The second kappa shape index (κ2) is 7.60. The number of ether oxygens (including phenoxy) is 2. The molecule has 0 saturated heterocycles. The van der Waals surface area contributed by atoms with Crippen molar-refractivity contribution in [1.82, 2.24) is 0 Å². The van der Waals surface area contributed by atoms with Crippen molar-refractivity contribution in [2.24, 2.45) is 0 Å². The summed E-state index contributed by atoms with van der Waals surface area (Å²) in [7, 11) is 1.51. The van der Waals surface area contributed by atoms with Crippen LogP contribution < -0.4 is 10.1 Å². The van der Waals surface area contributed by atoms with Gasteiger partial charge in [-0.05, 0) is 42.5 Å². The predicted octanol–water partition coefficient (Wildman–Crippen LogP) is 3.28. The number of amides is 1. The van der Waals surface area contributed by atoms with E-state index in [1.165, 1.54) is 31.4 Å². The molecule has 0 bridgehead atoms. The standard InChI is InChI=1S/C16H13ClFNO4/c1-22-12-5-2-10(3-6-12)16(21)23-9-15(20)19-14-8-11(18)4-7-13(14)17/h2-8H,9H2,1H3,(H,19,20). The van der Waals surface area contributed by atoms with E-state index in [1.54, 1.807) is 12.1 Å². The maximum atomic E-state index is 13.1. The summed E-state index contributed by atoms with van der Waals surface area (Å²) in [6, 6.07) is 9.79. The lowest BCUT2D eigenvalue weighted by Gasteiger charge is -2.08. The minimum atomic E-state index is -0.659.